The summed E-state index contributed by atoms with van der Waals surface area (Å²) in [4.78, 5) is 35.1. The van der Waals surface area contributed by atoms with Gasteiger partial charge in [0.1, 0.15) is 6.61 Å². The van der Waals surface area contributed by atoms with Gasteiger partial charge in [0.05, 0.1) is 13.2 Å². The summed E-state index contributed by atoms with van der Waals surface area (Å²) in [6, 6.07) is 0. The number of carbonyl (C=O) groups excluding carboxylic acids is 2. The zero-order chi connectivity index (χ0) is 50.2. The van der Waals surface area contributed by atoms with Crippen LogP contribution in [0.3, 0.4) is 0 Å². The average Bonchev–Trinajstić information content (AvgIpc) is 3.34. The molecule has 9 nitrogen and oxygen atoms in total. The van der Waals surface area contributed by atoms with Crippen molar-refractivity contribution in [3.05, 3.63) is 24.3 Å². The van der Waals surface area contributed by atoms with Gasteiger partial charge in [0.2, 0.25) is 0 Å². The molecule has 3 N–H and O–H groups in total. The Morgan fingerprint density at radius 2 is 0.754 bits per heavy atom. The van der Waals surface area contributed by atoms with E-state index in [4.69, 9.17) is 24.3 Å². The van der Waals surface area contributed by atoms with Gasteiger partial charge in [-0.25, -0.2) is 4.57 Å². The van der Waals surface area contributed by atoms with Crippen molar-refractivity contribution in [1.29, 1.82) is 0 Å². The third kappa shape index (κ3) is 55.7. The molecular weight excluding hydrogens is 882 g/mol. The smallest absolute Gasteiger partial charge is 0.462 e. The van der Waals surface area contributed by atoms with Crippen LogP contribution >= 0.6 is 7.82 Å². The number of ether oxygens (including phenoxy) is 2. The molecule has 0 amide bonds. The number of phosphoric ester groups is 1. The molecular formula is C59H114NO8P. The minimum atomic E-state index is -4.38. The second-order valence-electron chi connectivity index (χ2n) is 20.2. The van der Waals surface area contributed by atoms with E-state index in [1.54, 1.807) is 0 Å². The molecule has 0 spiro atoms. The third-order valence-corrected chi connectivity index (χ3v) is 14.3. The molecule has 0 aromatic heterocycles. The van der Waals surface area contributed by atoms with Crippen LogP contribution in [0.1, 0.15) is 309 Å². The molecule has 0 saturated carbocycles. The molecule has 0 bridgehead atoms. The number of carbonyl (C=O) groups is 2. The van der Waals surface area contributed by atoms with Gasteiger partial charge < -0.3 is 20.1 Å². The average molecular weight is 997 g/mol. The van der Waals surface area contributed by atoms with E-state index < -0.39 is 26.5 Å². The lowest BCUT2D eigenvalue weighted by Crippen LogP contribution is -2.29. The van der Waals surface area contributed by atoms with E-state index in [0.29, 0.717) is 6.42 Å². The number of unbranched alkanes of at least 4 members (excludes halogenated alkanes) is 40. The summed E-state index contributed by atoms with van der Waals surface area (Å²) in [5.74, 6) is -0.829. The largest absolute Gasteiger partial charge is 0.472 e. The van der Waals surface area contributed by atoms with Crippen molar-refractivity contribution in [2.24, 2.45) is 5.73 Å². The Morgan fingerprint density at radius 3 is 1.13 bits per heavy atom. The van der Waals surface area contributed by atoms with Gasteiger partial charge >= 0.3 is 19.8 Å². The van der Waals surface area contributed by atoms with E-state index in [0.717, 1.165) is 57.8 Å². The van der Waals surface area contributed by atoms with Crippen molar-refractivity contribution < 1.29 is 37.6 Å². The van der Waals surface area contributed by atoms with Gasteiger partial charge in [-0.3, -0.25) is 18.6 Å². The van der Waals surface area contributed by atoms with E-state index in [1.807, 2.05) is 0 Å². The maximum atomic E-state index is 12.6. The predicted molar refractivity (Wildman–Crippen MR) is 294 cm³/mol. The second kappa shape index (κ2) is 55.8. The quantitative estimate of drug-likeness (QED) is 0.0264. The van der Waals surface area contributed by atoms with Crippen LogP contribution in [-0.2, 0) is 32.7 Å². The van der Waals surface area contributed by atoms with E-state index in [9.17, 15) is 19.0 Å². The van der Waals surface area contributed by atoms with Crippen LogP contribution in [0.5, 0.6) is 0 Å². The van der Waals surface area contributed by atoms with E-state index in [2.05, 4.69) is 38.2 Å². The summed E-state index contributed by atoms with van der Waals surface area (Å²) in [7, 11) is -4.38. The van der Waals surface area contributed by atoms with E-state index in [1.165, 1.54) is 218 Å². The van der Waals surface area contributed by atoms with Crippen LogP contribution in [0.25, 0.3) is 0 Å². The predicted octanol–water partition coefficient (Wildman–Crippen LogP) is 18.6. The zero-order valence-electron chi connectivity index (χ0n) is 45.6. The molecule has 0 aromatic carbocycles. The Labute approximate surface area is 427 Å². The molecule has 0 saturated heterocycles. The Balaban J connectivity index is 3.80. The molecule has 408 valence electrons. The number of allylic oxidation sites excluding steroid dienone is 4. The fraction of sp³-hybridized carbons (Fsp3) is 0.898. The summed E-state index contributed by atoms with van der Waals surface area (Å²) >= 11 is 0. The van der Waals surface area contributed by atoms with Gasteiger partial charge in [0, 0.05) is 19.4 Å². The highest BCUT2D eigenvalue weighted by Gasteiger charge is 2.26. The van der Waals surface area contributed by atoms with Crippen LogP contribution in [-0.4, -0.2) is 49.3 Å². The SMILES string of the molecule is CCCCC/C=C\C/C=C\CCCCCCCC(=O)OC(COC(=O)CCCCCCCCCCCCCCCCCCCCCCCCCCCCCCCCCCC)COP(=O)(O)OCCN. The van der Waals surface area contributed by atoms with Crippen LogP contribution in [0.4, 0.5) is 0 Å². The molecule has 0 aliphatic carbocycles. The molecule has 69 heavy (non-hydrogen) atoms. The fourth-order valence-electron chi connectivity index (χ4n) is 8.91. The van der Waals surface area contributed by atoms with E-state index in [-0.39, 0.29) is 38.6 Å². The molecule has 0 aliphatic heterocycles. The van der Waals surface area contributed by atoms with Crippen LogP contribution in [0.2, 0.25) is 0 Å². The molecule has 0 aromatic rings. The highest BCUT2D eigenvalue weighted by atomic mass is 31.2. The zero-order valence-corrected chi connectivity index (χ0v) is 46.5. The number of phosphoric acid groups is 1. The fourth-order valence-corrected chi connectivity index (χ4v) is 9.67. The summed E-state index contributed by atoms with van der Waals surface area (Å²) < 4.78 is 33.0. The number of nitrogens with two attached hydrogens (primary N) is 1. The van der Waals surface area contributed by atoms with Crippen molar-refractivity contribution in [3.8, 4) is 0 Å². The first-order chi connectivity index (χ1) is 33.8. The minimum absolute atomic E-state index is 0.0528. The van der Waals surface area contributed by atoms with Crippen LogP contribution in [0, 0.1) is 0 Å². The number of rotatable bonds is 57. The molecule has 0 fully saturated rings. The number of hydrogen-bond donors (Lipinski definition) is 2. The monoisotopic (exact) mass is 996 g/mol. The maximum Gasteiger partial charge on any atom is 0.472 e. The number of hydrogen-bond acceptors (Lipinski definition) is 8. The summed E-state index contributed by atoms with van der Waals surface area (Å²) in [6.45, 7) is 3.75. The maximum absolute atomic E-state index is 12.6. The number of esters is 2. The molecule has 0 heterocycles. The third-order valence-electron chi connectivity index (χ3n) is 13.3. The second-order valence-corrected chi connectivity index (χ2v) is 21.7. The first-order valence-electron chi connectivity index (χ1n) is 29.8. The lowest BCUT2D eigenvalue weighted by molar-refractivity contribution is -0.161. The highest BCUT2D eigenvalue weighted by molar-refractivity contribution is 7.47. The van der Waals surface area contributed by atoms with E-state index >= 15 is 0 Å². The normalized spacial score (nSPS) is 13.2. The molecule has 2 unspecified atom stereocenters. The highest BCUT2D eigenvalue weighted by Crippen LogP contribution is 2.43. The van der Waals surface area contributed by atoms with Crippen molar-refractivity contribution in [2.45, 2.75) is 315 Å². The molecule has 0 radical (unpaired) electrons. The Bertz CT molecular complexity index is 1180. The van der Waals surface area contributed by atoms with Crippen LogP contribution in [0.15, 0.2) is 24.3 Å². The summed E-state index contributed by atoms with van der Waals surface area (Å²) in [6.07, 6.45) is 65.5. The summed E-state index contributed by atoms with van der Waals surface area (Å²) in [5.41, 5.74) is 5.37. The van der Waals surface area contributed by atoms with Crippen molar-refractivity contribution in [1.82, 2.24) is 0 Å². The standard InChI is InChI=1S/C59H114NO8P/c1-3-5-7-9-11-13-15-17-19-20-21-22-23-24-25-26-27-28-29-30-31-32-33-34-35-36-38-39-41-43-45-47-49-51-58(61)65-55-57(56-67-69(63,64)66-54-53-60)68-59(62)52-50-48-46-44-42-40-37-18-16-14-12-10-8-6-4-2/h12,14,18,37,57H,3-11,13,15-17,19-36,38-56,60H2,1-2H3,(H,63,64)/b14-12-,37-18-. The molecule has 0 aliphatic rings. The van der Waals surface area contributed by atoms with Gasteiger partial charge in [-0.15, -0.1) is 0 Å². The van der Waals surface area contributed by atoms with Crippen molar-refractivity contribution in [2.75, 3.05) is 26.4 Å². The Morgan fingerprint density at radius 1 is 0.435 bits per heavy atom. The first-order valence-corrected chi connectivity index (χ1v) is 31.3. The lowest BCUT2D eigenvalue weighted by atomic mass is 10.0. The van der Waals surface area contributed by atoms with Gasteiger partial charge in [-0.05, 0) is 44.9 Å². The topological polar surface area (TPSA) is 134 Å². The first kappa shape index (κ1) is 67.5. The van der Waals surface area contributed by atoms with Crippen LogP contribution < -0.4 is 5.73 Å². The van der Waals surface area contributed by atoms with Gasteiger partial charge in [-0.1, -0.05) is 276 Å². The molecule has 10 heteroatoms. The molecule has 2 atom stereocenters. The minimum Gasteiger partial charge on any atom is -0.462 e. The van der Waals surface area contributed by atoms with Gasteiger partial charge in [0.15, 0.2) is 6.10 Å². The Hall–Kier alpha value is -1.51. The molecule has 0 rings (SSSR count). The lowest BCUT2D eigenvalue weighted by Gasteiger charge is -2.19. The van der Waals surface area contributed by atoms with Crippen molar-refractivity contribution >= 4 is 19.8 Å². The Kier molecular flexibility index (Phi) is 54.6. The van der Waals surface area contributed by atoms with Gasteiger partial charge in [-0.2, -0.15) is 0 Å². The van der Waals surface area contributed by atoms with Crippen molar-refractivity contribution in [3.63, 3.8) is 0 Å². The summed E-state index contributed by atoms with van der Waals surface area (Å²) in [5, 5.41) is 0. The van der Waals surface area contributed by atoms with Gasteiger partial charge in [0.25, 0.3) is 0 Å².